The first-order valence-electron chi connectivity index (χ1n) is 7.77. The van der Waals surface area contributed by atoms with Crippen molar-refractivity contribution in [3.05, 3.63) is 29.8 Å². The lowest BCUT2D eigenvalue weighted by Gasteiger charge is -2.35. The number of rotatable bonds is 5. The smallest absolute Gasteiger partial charge is 0.227 e. The summed E-state index contributed by atoms with van der Waals surface area (Å²) in [6.45, 7) is 2.42. The van der Waals surface area contributed by atoms with Crippen molar-refractivity contribution < 1.29 is 9.53 Å². The fourth-order valence-corrected chi connectivity index (χ4v) is 3.20. The van der Waals surface area contributed by atoms with Gasteiger partial charge in [0, 0.05) is 12.1 Å². The highest BCUT2D eigenvalue weighted by Crippen LogP contribution is 2.36. The summed E-state index contributed by atoms with van der Waals surface area (Å²) in [4.78, 5) is 12.7. The fraction of sp³-hybridized carbons (Fsp3) is 0.588. The highest BCUT2D eigenvalue weighted by atomic mass is 16.5. The molecule has 116 valence electrons. The highest BCUT2D eigenvalue weighted by Gasteiger charge is 2.38. The number of methoxy groups -OCH3 is 1. The molecule has 1 aromatic carbocycles. The first kappa shape index (κ1) is 15.8. The van der Waals surface area contributed by atoms with E-state index in [0.29, 0.717) is 6.54 Å². The molecule has 3 N–H and O–H groups in total. The number of amides is 1. The van der Waals surface area contributed by atoms with Gasteiger partial charge in [-0.3, -0.25) is 4.79 Å². The molecule has 1 aliphatic carbocycles. The average molecular weight is 290 g/mol. The topological polar surface area (TPSA) is 64.3 Å². The third-order valence-electron chi connectivity index (χ3n) is 4.64. The Hall–Kier alpha value is -1.55. The number of nitrogens with one attached hydrogen (secondary N) is 1. The zero-order chi connectivity index (χ0) is 15.3. The highest BCUT2D eigenvalue weighted by molar-refractivity contribution is 5.83. The van der Waals surface area contributed by atoms with E-state index in [2.05, 4.69) is 5.32 Å². The van der Waals surface area contributed by atoms with Crippen molar-refractivity contribution in [1.29, 1.82) is 0 Å². The Morgan fingerprint density at radius 2 is 2.00 bits per heavy atom. The summed E-state index contributed by atoms with van der Waals surface area (Å²) < 4.78 is 5.37. The van der Waals surface area contributed by atoms with Gasteiger partial charge in [-0.1, -0.05) is 37.5 Å². The number of carbonyl (C=O) groups excluding carboxylic acids is 1. The van der Waals surface area contributed by atoms with E-state index in [1.807, 2.05) is 31.2 Å². The van der Waals surface area contributed by atoms with Gasteiger partial charge in [-0.15, -0.1) is 0 Å². The molecule has 0 aliphatic heterocycles. The molecule has 0 aromatic heterocycles. The van der Waals surface area contributed by atoms with Gasteiger partial charge in [0.05, 0.1) is 18.6 Å². The Kier molecular flexibility index (Phi) is 5.23. The van der Waals surface area contributed by atoms with Crippen LogP contribution in [0.3, 0.4) is 0 Å². The molecule has 21 heavy (non-hydrogen) atoms. The predicted octanol–water partition coefficient (Wildman–Crippen LogP) is 2.78. The molecule has 1 aromatic rings. The summed E-state index contributed by atoms with van der Waals surface area (Å²) in [5.74, 6) is 0.888. The van der Waals surface area contributed by atoms with E-state index in [9.17, 15) is 4.79 Å². The van der Waals surface area contributed by atoms with Crippen LogP contribution >= 0.6 is 0 Å². The zero-order valence-corrected chi connectivity index (χ0v) is 13.0. The molecule has 0 unspecified atom stereocenters. The van der Waals surface area contributed by atoms with Gasteiger partial charge in [-0.2, -0.15) is 0 Å². The summed E-state index contributed by atoms with van der Waals surface area (Å²) in [6.07, 6.45) is 5.18. The Bertz CT molecular complexity index is 481. The summed E-state index contributed by atoms with van der Waals surface area (Å²) in [7, 11) is 1.65. The maximum atomic E-state index is 12.7. The van der Waals surface area contributed by atoms with Gasteiger partial charge < -0.3 is 15.8 Å². The van der Waals surface area contributed by atoms with Crippen molar-refractivity contribution in [2.45, 2.75) is 45.1 Å². The largest absolute Gasteiger partial charge is 0.496 e. The Morgan fingerprint density at radius 3 is 2.62 bits per heavy atom. The van der Waals surface area contributed by atoms with Crippen LogP contribution in [0.1, 0.15) is 50.6 Å². The van der Waals surface area contributed by atoms with Crippen LogP contribution < -0.4 is 15.8 Å². The summed E-state index contributed by atoms with van der Waals surface area (Å²) in [5, 5.41) is 3.13. The minimum Gasteiger partial charge on any atom is -0.496 e. The second-order valence-electron chi connectivity index (χ2n) is 5.98. The van der Waals surface area contributed by atoms with Crippen LogP contribution in [0.2, 0.25) is 0 Å². The normalized spacial score (nSPS) is 18.8. The van der Waals surface area contributed by atoms with Gasteiger partial charge in [0.15, 0.2) is 0 Å². The summed E-state index contributed by atoms with van der Waals surface area (Å²) in [6, 6.07) is 7.70. The SMILES string of the molecule is COc1ccccc1[C@H](C)NC(=O)C1(CN)CCCCC1. The number of hydrogen-bond donors (Lipinski definition) is 2. The Labute approximate surface area is 127 Å². The molecular formula is C17H26N2O2. The van der Waals surface area contributed by atoms with Crippen molar-refractivity contribution in [3.63, 3.8) is 0 Å². The van der Waals surface area contributed by atoms with Crippen molar-refractivity contribution in [2.75, 3.05) is 13.7 Å². The predicted molar refractivity (Wildman–Crippen MR) is 84.1 cm³/mol. The molecule has 1 fully saturated rings. The van der Waals surface area contributed by atoms with Gasteiger partial charge in [0.1, 0.15) is 5.75 Å². The van der Waals surface area contributed by atoms with Crippen LogP contribution in [0.25, 0.3) is 0 Å². The third-order valence-corrected chi connectivity index (χ3v) is 4.64. The van der Waals surface area contributed by atoms with Crippen molar-refractivity contribution >= 4 is 5.91 Å². The van der Waals surface area contributed by atoms with E-state index in [-0.39, 0.29) is 17.4 Å². The minimum atomic E-state index is -0.380. The minimum absolute atomic E-state index is 0.0843. The molecule has 4 nitrogen and oxygen atoms in total. The Morgan fingerprint density at radius 1 is 1.33 bits per heavy atom. The first-order valence-corrected chi connectivity index (χ1v) is 7.77. The van der Waals surface area contributed by atoms with E-state index in [4.69, 9.17) is 10.5 Å². The molecule has 1 saturated carbocycles. The van der Waals surface area contributed by atoms with Crippen LogP contribution in [0.4, 0.5) is 0 Å². The van der Waals surface area contributed by atoms with Crippen LogP contribution in [-0.2, 0) is 4.79 Å². The van der Waals surface area contributed by atoms with Gasteiger partial charge in [0.2, 0.25) is 5.91 Å². The summed E-state index contributed by atoms with van der Waals surface area (Å²) in [5.41, 5.74) is 6.54. The Balaban J connectivity index is 2.11. The average Bonchev–Trinajstić information content (AvgIpc) is 2.55. The summed E-state index contributed by atoms with van der Waals surface area (Å²) >= 11 is 0. The van der Waals surface area contributed by atoms with Crippen molar-refractivity contribution in [1.82, 2.24) is 5.32 Å². The van der Waals surface area contributed by atoms with Crippen LogP contribution in [0.15, 0.2) is 24.3 Å². The van der Waals surface area contributed by atoms with Gasteiger partial charge in [-0.05, 0) is 25.8 Å². The van der Waals surface area contributed by atoms with E-state index >= 15 is 0 Å². The fourth-order valence-electron chi connectivity index (χ4n) is 3.20. The van der Waals surface area contributed by atoms with Gasteiger partial charge in [0.25, 0.3) is 0 Å². The molecule has 2 rings (SSSR count). The van der Waals surface area contributed by atoms with E-state index in [1.165, 1.54) is 6.42 Å². The molecule has 0 radical (unpaired) electrons. The molecule has 1 aliphatic rings. The third kappa shape index (κ3) is 3.38. The van der Waals surface area contributed by atoms with Crippen molar-refractivity contribution in [2.24, 2.45) is 11.1 Å². The maximum absolute atomic E-state index is 12.7. The molecule has 4 heteroatoms. The number of ether oxygens (including phenoxy) is 1. The molecule has 0 heterocycles. The molecule has 0 saturated heterocycles. The molecular weight excluding hydrogens is 264 g/mol. The van der Waals surface area contributed by atoms with Crippen LogP contribution in [0.5, 0.6) is 5.75 Å². The number of benzene rings is 1. The van der Waals surface area contributed by atoms with E-state index in [1.54, 1.807) is 7.11 Å². The van der Waals surface area contributed by atoms with E-state index in [0.717, 1.165) is 37.0 Å². The lowest BCUT2D eigenvalue weighted by atomic mass is 9.73. The van der Waals surface area contributed by atoms with Gasteiger partial charge in [-0.25, -0.2) is 0 Å². The van der Waals surface area contributed by atoms with Gasteiger partial charge >= 0.3 is 0 Å². The molecule has 1 atom stereocenters. The van der Waals surface area contributed by atoms with Crippen LogP contribution in [0, 0.1) is 5.41 Å². The lowest BCUT2D eigenvalue weighted by molar-refractivity contribution is -0.133. The first-order chi connectivity index (χ1) is 10.1. The zero-order valence-electron chi connectivity index (χ0n) is 13.0. The quantitative estimate of drug-likeness (QED) is 0.876. The second kappa shape index (κ2) is 6.94. The number of hydrogen-bond acceptors (Lipinski definition) is 3. The molecule has 1 amide bonds. The standard InChI is InChI=1S/C17H26N2O2/c1-13(14-8-4-5-9-15(14)21-2)19-16(20)17(12-18)10-6-3-7-11-17/h4-5,8-9,13H,3,6-7,10-12,18H2,1-2H3,(H,19,20)/t13-/m0/s1. The molecule has 0 bridgehead atoms. The molecule has 0 spiro atoms. The van der Waals surface area contributed by atoms with Crippen molar-refractivity contribution in [3.8, 4) is 5.75 Å². The number of para-hydroxylation sites is 1. The van der Waals surface area contributed by atoms with Crippen LogP contribution in [-0.4, -0.2) is 19.6 Å². The lowest BCUT2D eigenvalue weighted by Crippen LogP contribution is -2.47. The second-order valence-corrected chi connectivity index (χ2v) is 5.98. The van der Waals surface area contributed by atoms with E-state index < -0.39 is 0 Å². The number of nitrogens with two attached hydrogens (primary N) is 1. The monoisotopic (exact) mass is 290 g/mol. The maximum Gasteiger partial charge on any atom is 0.227 e. The number of carbonyl (C=O) groups is 1.